The number of nitrogens with zero attached hydrogens (tertiary/aromatic N) is 2. The Morgan fingerprint density at radius 3 is 2.81 bits per heavy atom. The van der Waals surface area contributed by atoms with Gasteiger partial charge in [0.25, 0.3) is 5.91 Å². The number of aromatic hydroxyl groups is 1. The van der Waals surface area contributed by atoms with E-state index in [4.69, 9.17) is 5.73 Å². The van der Waals surface area contributed by atoms with Crippen molar-refractivity contribution in [1.29, 1.82) is 0 Å². The number of nitrogens with two attached hydrogens (primary N) is 1. The molecule has 86 valence electrons. The quantitative estimate of drug-likeness (QED) is 0.717. The molecule has 1 fully saturated rings. The number of rotatable bonds is 1. The predicted molar refractivity (Wildman–Crippen MR) is 59.0 cm³/mol. The molecule has 0 bridgehead atoms. The maximum Gasteiger partial charge on any atom is 0.257 e. The van der Waals surface area contributed by atoms with Crippen LogP contribution in [0.5, 0.6) is 5.75 Å². The molecule has 5 heteroatoms. The van der Waals surface area contributed by atoms with Crippen molar-refractivity contribution in [2.45, 2.75) is 18.9 Å². The topological polar surface area (TPSA) is 79.5 Å². The summed E-state index contributed by atoms with van der Waals surface area (Å²) in [6.07, 6.45) is 4.42. The van der Waals surface area contributed by atoms with Gasteiger partial charge in [-0.05, 0) is 18.9 Å². The van der Waals surface area contributed by atoms with E-state index >= 15 is 0 Å². The smallest absolute Gasteiger partial charge is 0.257 e. The van der Waals surface area contributed by atoms with Gasteiger partial charge in [-0.1, -0.05) is 0 Å². The van der Waals surface area contributed by atoms with Crippen LogP contribution in [0.4, 0.5) is 0 Å². The van der Waals surface area contributed by atoms with E-state index < -0.39 is 0 Å². The van der Waals surface area contributed by atoms with E-state index in [2.05, 4.69) is 4.98 Å². The third-order valence-corrected chi connectivity index (χ3v) is 2.86. The van der Waals surface area contributed by atoms with Crippen LogP contribution in [-0.4, -0.2) is 40.0 Å². The van der Waals surface area contributed by atoms with Crippen molar-refractivity contribution in [3.8, 4) is 5.75 Å². The van der Waals surface area contributed by atoms with Gasteiger partial charge in [-0.25, -0.2) is 0 Å². The highest BCUT2D eigenvalue weighted by molar-refractivity contribution is 5.96. The Bertz CT molecular complexity index is 387. The highest BCUT2D eigenvalue weighted by atomic mass is 16.3. The molecule has 1 aliphatic heterocycles. The van der Waals surface area contributed by atoms with Crippen molar-refractivity contribution in [3.05, 3.63) is 24.0 Å². The molecule has 5 nitrogen and oxygen atoms in total. The van der Waals surface area contributed by atoms with E-state index in [1.54, 1.807) is 4.90 Å². The summed E-state index contributed by atoms with van der Waals surface area (Å²) in [5, 5.41) is 9.53. The van der Waals surface area contributed by atoms with E-state index in [0.717, 1.165) is 12.8 Å². The first kappa shape index (κ1) is 10.9. The van der Waals surface area contributed by atoms with Gasteiger partial charge in [-0.2, -0.15) is 0 Å². The Morgan fingerprint density at radius 1 is 1.50 bits per heavy atom. The fourth-order valence-electron chi connectivity index (χ4n) is 1.84. The molecule has 1 aliphatic rings. The molecule has 0 aromatic carbocycles. The fraction of sp³-hybridized carbons (Fsp3) is 0.455. The van der Waals surface area contributed by atoms with Crippen LogP contribution in [-0.2, 0) is 0 Å². The zero-order valence-corrected chi connectivity index (χ0v) is 8.97. The van der Waals surface area contributed by atoms with Gasteiger partial charge in [0.05, 0.1) is 11.8 Å². The van der Waals surface area contributed by atoms with Crippen LogP contribution >= 0.6 is 0 Å². The summed E-state index contributed by atoms with van der Waals surface area (Å²) in [6.45, 7) is 1.31. The number of carbonyl (C=O) groups is 1. The molecule has 2 rings (SSSR count). The van der Waals surface area contributed by atoms with Gasteiger partial charge in [-0.3, -0.25) is 9.78 Å². The molecule has 0 aliphatic carbocycles. The SMILES string of the molecule is NC1CCN(C(=O)c2ccncc2O)CC1. The minimum absolute atomic E-state index is 0.0672. The van der Waals surface area contributed by atoms with Crippen LogP contribution < -0.4 is 5.73 Å². The minimum Gasteiger partial charge on any atom is -0.505 e. The average Bonchev–Trinajstić information content (AvgIpc) is 2.30. The Kier molecular flexibility index (Phi) is 3.05. The molecule has 3 N–H and O–H groups in total. The van der Waals surface area contributed by atoms with Gasteiger partial charge in [0.1, 0.15) is 5.75 Å². The van der Waals surface area contributed by atoms with Crippen LogP contribution in [0, 0.1) is 0 Å². The molecule has 0 radical (unpaired) electrons. The van der Waals surface area contributed by atoms with Crippen molar-refractivity contribution >= 4 is 5.91 Å². The summed E-state index contributed by atoms with van der Waals surface area (Å²) in [5.41, 5.74) is 6.08. The van der Waals surface area contributed by atoms with Crippen LogP contribution in [0.25, 0.3) is 0 Å². The predicted octanol–water partition coefficient (Wildman–Crippen LogP) is 0.350. The number of likely N-dealkylation sites (tertiary alicyclic amines) is 1. The molecule has 1 amide bonds. The first-order chi connectivity index (χ1) is 7.68. The monoisotopic (exact) mass is 221 g/mol. The first-order valence-electron chi connectivity index (χ1n) is 5.36. The van der Waals surface area contributed by atoms with Crippen LogP contribution in [0.15, 0.2) is 18.5 Å². The third kappa shape index (κ3) is 2.14. The lowest BCUT2D eigenvalue weighted by Crippen LogP contribution is -2.42. The number of hydrogen-bond acceptors (Lipinski definition) is 4. The molecule has 0 saturated carbocycles. The molecular formula is C11H15N3O2. The Labute approximate surface area is 93.9 Å². The number of aromatic nitrogens is 1. The molecule has 16 heavy (non-hydrogen) atoms. The second kappa shape index (κ2) is 4.49. The van der Waals surface area contributed by atoms with Crippen molar-refractivity contribution in [2.24, 2.45) is 5.73 Å². The molecule has 0 atom stereocenters. The Morgan fingerprint density at radius 2 is 2.19 bits per heavy atom. The number of carbonyl (C=O) groups excluding carboxylic acids is 1. The van der Waals surface area contributed by atoms with Crippen molar-refractivity contribution in [2.75, 3.05) is 13.1 Å². The third-order valence-electron chi connectivity index (χ3n) is 2.86. The maximum absolute atomic E-state index is 12.0. The van der Waals surface area contributed by atoms with Crippen LogP contribution in [0.1, 0.15) is 23.2 Å². The van der Waals surface area contributed by atoms with E-state index in [0.29, 0.717) is 18.7 Å². The Hall–Kier alpha value is -1.62. The standard InChI is InChI=1S/C11H15N3O2/c12-8-2-5-14(6-3-8)11(16)9-1-4-13-7-10(9)15/h1,4,7-8,15H,2-3,5-6,12H2. The maximum atomic E-state index is 12.0. The molecule has 0 spiro atoms. The van der Waals surface area contributed by atoms with E-state index in [1.807, 2.05) is 0 Å². The lowest BCUT2D eigenvalue weighted by atomic mass is 10.1. The van der Waals surface area contributed by atoms with E-state index in [9.17, 15) is 9.90 Å². The number of pyridine rings is 1. The van der Waals surface area contributed by atoms with Crippen molar-refractivity contribution < 1.29 is 9.90 Å². The first-order valence-corrected chi connectivity index (χ1v) is 5.36. The van der Waals surface area contributed by atoms with Gasteiger partial charge in [0.15, 0.2) is 0 Å². The summed E-state index contributed by atoms with van der Waals surface area (Å²) in [4.78, 5) is 17.5. The number of amides is 1. The number of piperidine rings is 1. The summed E-state index contributed by atoms with van der Waals surface area (Å²) in [5.74, 6) is -0.214. The second-order valence-corrected chi connectivity index (χ2v) is 4.02. The van der Waals surface area contributed by atoms with Gasteiger partial charge in [-0.15, -0.1) is 0 Å². The average molecular weight is 221 g/mol. The lowest BCUT2D eigenvalue weighted by Gasteiger charge is -2.30. The van der Waals surface area contributed by atoms with E-state index in [1.165, 1.54) is 18.5 Å². The molecule has 1 saturated heterocycles. The molecule has 2 heterocycles. The van der Waals surface area contributed by atoms with Crippen molar-refractivity contribution in [1.82, 2.24) is 9.88 Å². The summed E-state index contributed by atoms with van der Waals surface area (Å²) in [6, 6.07) is 1.72. The largest absolute Gasteiger partial charge is 0.505 e. The van der Waals surface area contributed by atoms with E-state index in [-0.39, 0.29) is 17.7 Å². The minimum atomic E-state index is -0.146. The second-order valence-electron chi connectivity index (χ2n) is 4.02. The molecule has 1 aromatic rings. The summed E-state index contributed by atoms with van der Waals surface area (Å²) >= 11 is 0. The normalized spacial score (nSPS) is 17.4. The zero-order valence-electron chi connectivity index (χ0n) is 8.97. The highest BCUT2D eigenvalue weighted by Gasteiger charge is 2.23. The van der Waals surface area contributed by atoms with Gasteiger partial charge >= 0.3 is 0 Å². The van der Waals surface area contributed by atoms with Gasteiger partial charge in [0, 0.05) is 25.3 Å². The highest BCUT2D eigenvalue weighted by Crippen LogP contribution is 2.18. The van der Waals surface area contributed by atoms with Crippen molar-refractivity contribution in [3.63, 3.8) is 0 Å². The summed E-state index contributed by atoms with van der Waals surface area (Å²) in [7, 11) is 0. The van der Waals surface area contributed by atoms with Gasteiger partial charge < -0.3 is 15.7 Å². The molecular weight excluding hydrogens is 206 g/mol. The number of hydrogen-bond donors (Lipinski definition) is 2. The summed E-state index contributed by atoms with van der Waals surface area (Å²) < 4.78 is 0. The lowest BCUT2D eigenvalue weighted by molar-refractivity contribution is 0.0711. The zero-order chi connectivity index (χ0) is 11.5. The van der Waals surface area contributed by atoms with Crippen LogP contribution in [0.3, 0.4) is 0 Å². The van der Waals surface area contributed by atoms with Crippen LogP contribution in [0.2, 0.25) is 0 Å². The fourth-order valence-corrected chi connectivity index (χ4v) is 1.84. The molecule has 1 aromatic heterocycles. The molecule has 0 unspecified atom stereocenters. The Balaban J connectivity index is 2.11. The van der Waals surface area contributed by atoms with Gasteiger partial charge in [0.2, 0.25) is 0 Å².